The van der Waals surface area contributed by atoms with E-state index < -0.39 is 17.1 Å². The second kappa shape index (κ2) is 9.07. The largest absolute Gasteiger partial charge is 0.493 e. The van der Waals surface area contributed by atoms with Gasteiger partial charge >= 0.3 is 0 Å². The maximum atomic E-state index is 12.6. The van der Waals surface area contributed by atoms with Crippen molar-refractivity contribution in [3.8, 4) is 5.75 Å². The topological polar surface area (TPSA) is 75.7 Å². The lowest BCUT2D eigenvalue weighted by atomic mass is 10.2. The van der Waals surface area contributed by atoms with E-state index in [9.17, 15) is 14.4 Å². The van der Waals surface area contributed by atoms with Gasteiger partial charge in [0.2, 0.25) is 5.91 Å². The Bertz CT molecular complexity index is 943. The number of imide groups is 1. The van der Waals surface area contributed by atoms with E-state index in [-0.39, 0.29) is 11.4 Å². The van der Waals surface area contributed by atoms with Crippen molar-refractivity contribution in [3.05, 3.63) is 63.5 Å². The highest BCUT2D eigenvalue weighted by molar-refractivity contribution is 9.10. The Morgan fingerprint density at radius 3 is 2.61 bits per heavy atom. The fraction of sp³-hybridized carbons (Fsp3) is 0.150. The molecule has 1 heterocycles. The van der Waals surface area contributed by atoms with Crippen LogP contribution in [0.4, 0.5) is 10.5 Å². The van der Waals surface area contributed by atoms with Gasteiger partial charge in [0.05, 0.1) is 11.5 Å². The van der Waals surface area contributed by atoms with Crippen molar-refractivity contribution in [3.63, 3.8) is 0 Å². The number of amides is 3. The standard InChI is InChI=1S/C20H17BrN2O4S/c1-2-27-16-6-4-3-5-13(16)11-17-19(25)23(20(26)28-17)12-18(24)22-15-9-7-14(21)8-10-15/h3-11H,2,12H2,1H3,(H,22,24)/b17-11+. The predicted octanol–water partition coefficient (Wildman–Crippen LogP) is 4.52. The van der Waals surface area contributed by atoms with Crippen molar-refractivity contribution in [2.24, 2.45) is 0 Å². The minimum atomic E-state index is -0.493. The molecular formula is C20H17BrN2O4S. The van der Waals surface area contributed by atoms with E-state index in [1.54, 1.807) is 42.5 Å². The number of benzene rings is 2. The SMILES string of the molecule is CCOc1ccccc1/C=C1/SC(=O)N(CC(=O)Nc2ccc(Br)cc2)C1=O. The lowest BCUT2D eigenvalue weighted by molar-refractivity contribution is -0.127. The number of carbonyl (C=O) groups is 3. The highest BCUT2D eigenvalue weighted by Crippen LogP contribution is 2.33. The molecule has 0 bridgehead atoms. The summed E-state index contributed by atoms with van der Waals surface area (Å²) in [6, 6.07) is 14.3. The zero-order valence-electron chi connectivity index (χ0n) is 15.0. The number of para-hydroxylation sites is 1. The molecule has 0 aromatic heterocycles. The Kier molecular flexibility index (Phi) is 6.53. The van der Waals surface area contributed by atoms with E-state index in [4.69, 9.17) is 4.74 Å². The third-order valence-corrected chi connectivity index (χ3v) is 5.24. The predicted molar refractivity (Wildman–Crippen MR) is 113 cm³/mol. The van der Waals surface area contributed by atoms with Crippen LogP contribution in [-0.4, -0.2) is 35.1 Å². The van der Waals surface area contributed by atoms with E-state index in [1.807, 2.05) is 19.1 Å². The van der Waals surface area contributed by atoms with Crippen molar-refractivity contribution < 1.29 is 19.1 Å². The Labute approximate surface area is 175 Å². The summed E-state index contributed by atoms with van der Waals surface area (Å²) < 4.78 is 6.43. The third kappa shape index (κ3) is 4.82. The fourth-order valence-electron chi connectivity index (χ4n) is 2.54. The van der Waals surface area contributed by atoms with Gasteiger partial charge < -0.3 is 10.1 Å². The first kappa shape index (κ1) is 20.2. The fourth-order valence-corrected chi connectivity index (χ4v) is 3.64. The van der Waals surface area contributed by atoms with Crippen molar-refractivity contribution in [2.45, 2.75) is 6.92 Å². The minimum Gasteiger partial charge on any atom is -0.493 e. The molecule has 3 rings (SSSR count). The molecule has 0 radical (unpaired) electrons. The molecule has 1 N–H and O–H groups in total. The third-order valence-electron chi connectivity index (χ3n) is 3.81. The molecule has 1 fully saturated rings. The van der Waals surface area contributed by atoms with Crippen LogP contribution in [0.3, 0.4) is 0 Å². The second-order valence-corrected chi connectivity index (χ2v) is 7.70. The Morgan fingerprint density at radius 2 is 1.89 bits per heavy atom. The second-order valence-electron chi connectivity index (χ2n) is 5.79. The Hall–Kier alpha value is -2.58. The molecule has 0 atom stereocenters. The molecule has 0 unspecified atom stereocenters. The summed E-state index contributed by atoms with van der Waals surface area (Å²) in [5.41, 5.74) is 1.29. The van der Waals surface area contributed by atoms with Crippen molar-refractivity contribution >= 4 is 56.5 Å². The van der Waals surface area contributed by atoms with Crippen LogP contribution in [0.25, 0.3) is 6.08 Å². The van der Waals surface area contributed by atoms with E-state index in [1.165, 1.54) is 0 Å². The molecule has 0 aliphatic carbocycles. The number of anilines is 1. The number of nitrogens with zero attached hydrogens (tertiary/aromatic N) is 1. The molecule has 28 heavy (non-hydrogen) atoms. The van der Waals surface area contributed by atoms with E-state index in [0.29, 0.717) is 23.6 Å². The Balaban J connectivity index is 1.71. The van der Waals surface area contributed by atoms with Crippen molar-refractivity contribution in [1.82, 2.24) is 4.90 Å². The smallest absolute Gasteiger partial charge is 0.294 e. The molecule has 144 valence electrons. The van der Waals surface area contributed by atoms with Crippen molar-refractivity contribution in [1.29, 1.82) is 0 Å². The summed E-state index contributed by atoms with van der Waals surface area (Å²) in [6.07, 6.45) is 1.61. The summed E-state index contributed by atoms with van der Waals surface area (Å²) in [6.45, 7) is 2.02. The Morgan fingerprint density at radius 1 is 1.18 bits per heavy atom. The van der Waals surface area contributed by atoms with Crippen LogP contribution in [0.2, 0.25) is 0 Å². The molecule has 8 heteroatoms. The van der Waals surface area contributed by atoms with Gasteiger partial charge in [-0.05, 0) is 55.1 Å². The molecule has 3 amide bonds. The zero-order chi connectivity index (χ0) is 20.1. The summed E-state index contributed by atoms with van der Waals surface area (Å²) in [5.74, 6) is -0.308. The first-order valence-corrected chi connectivity index (χ1v) is 10.1. The van der Waals surface area contributed by atoms with Crippen LogP contribution < -0.4 is 10.1 Å². The van der Waals surface area contributed by atoms with Crippen LogP contribution >= 0.6 is 27.7 Å². The van der Waals surface area contributed by atoms with Gasteiger partial charge in [0.15, 0.2) is 0 Å². The van der Waals surface area contributed by atoms with Gasteiger partial charge in [-0.3, -0.25) is 19.3 Å². The molecule has 2 aromatic carbocycles. The molecule has 1 aliphatic heterocycles. The average Bonchev–Trinajstić information content (AvgIpc) is 2.93. The number of nitrogens with one attached hydrogen (secondary N) is 1. The molecular weight excluding hydrogens is 444 g/mol. The van der Waals surface area contributed by atoms with Gasteiger partial charge in [0.25, 0.3) is 11.1 Å². The number of hydrogen-bond acceptors (Lipinski definition) is 5. The number of carbonyl (C=O) groups excluding carboxylic acids is 3. The quantitative estimate of drug-likeness (QED) is 0.641. The lowest BCUT2D eigenvalue weighted by Crippen LogP contribution is -2.36. The molecule has 2 aromatic rings. The van der Waals surface area contributed by atoms with E-state index in [0.717, 1.165) is 21.1 Å². The van der Waals surface area contributed by atoms with E-state index in [2.05, 4.69) is 21.2 Å². The number of hydrogen-bond donors (Lipinski definition) is 1. The number of halogens is 1. The normalized spacial score (nSPS) is 15.2. The summed E-state index contributed by atoms with van der Waals surface area (Å²) >= 11 is 4.13. The van der Waals surface area contributed by atoms with Crippen LogP contribution in [0.15, 0.2) is 57.9 Å². The zero-order valence-corrected chi connectivity index (χ0v) is 17.4. The number of ether oxygens (including phenoxy) is 1. The number of rotatable bonds is 6. The van der Waals surface area contributed by atoms with Crippen LogP contribution in [0.1, 0.15) is 12.5 Å². The highest BCUT2D eigenvalue weighted by Gasteiger charge is 2.36. The first-order valence-electron chi connectivity index (χ1n) is 8.50. The molecule has 1 aliphatic rings. The maximum absolute atomic E-state index is 12.6. The highest BCUT2D eigenvalue weighted by atomic mass is 79.9. The summed E-state index contributed by atoms with van der Waals surface area (Å²) in [4.78, 5) is 38.3. The number of thioether (sulfide) groups is 1. The van der Waals surface area contributed by atoms with Gasteiger partial charge in [-0.1, -0.05) is 34.1 Å². The summed E-state index contributed by atoms with van der Waals surface area (Å²) in [5, 5.41) is 2.20. The van der Waals surface area contributed by atoms with Crippen LogP contribution in [0, 0.1) is 0 Å². The molecule has 1 saturated heterocycles. The summed E-state index contributed by atoms with van der Waals surface area (Å²) in [7, 11) is 0. The van der Waals surface area contributed by atoms with Gasteiger partial charge in [0, 0.05) is 15.7 Å². The van der Waals surface area contributed by atoms with Gasteiger partial charge in [-0.2, -0.15) is 0 Å². The molecule has 0 saturated carbocycles. The molecule has 0 spiro atoms. The van der Waals surface area contributed by atoms with Crippen LogP contribution in [-0.2, 0) is 9.59 Å². The monoisotopic (exact) mass is 460 g/mol. The van der Waals surface area contributed by atoms with Gasteiger partial charge in [-0.25, -0.2) is 0 Å². The van der Waals surface area contributed by atoms with Crippen molar-refractivity contribution in [2.75, 3.05) is 18.5 Å². The first-order chi connectivity index (χ1) is 13.5. The molecule has 6 nitrogen and oxygen atoms in total. The van der Waals surface area contributed by atoms with Gasteiger partial charge in [-0.15, -0.1) is 0 Å². The van der Waals surface area contributed by atoms with Crippen LogP contribution in [0.5, 0.6) is 5.75 Å². The van der Waals surface area contributed by atoms with E-state index >= 15 is 0 Å². The lowest BCUT2D eigenvalue weighted by Gasteiger charge is -2.12. The maximum Gasteiger partial charge on any atom is 0.294 e. The minimum absolute atomic E-state index is 0.258. The average molecular weight is 461 g/mol. The van der Waals surface area contributed by atoms with Gasteiger partial charge in [0.1, 0.15) is 12.3 Å².